The van der Waals surface area contributed by atoms with Crippen molar-refractivity contribution >= 4 is 11.0 Å². The van der Waals surface area contributed by atoms with E-state index in [9.17, 15) is 0 Å². The molecule has 0 saturated heterocycles. The van der Waals surface area contributed by atoms with Crippen LogP contribution in [0.2, 0.25) is 0 Å². The number of aromatic amines is 1. The highest BCUT2D eigenvalue weighted by atomic mass is 16.3. The molecule has 0 spiro atoms. The van der Waals surface area contributed by atoms with Crippen LogP contribution < -0.4 is 5.43 Å². The molecule has 4 nitrogen and oxygen atoms in total. The standard InChI is InChI=1S/C8H11N3O/c12-6-4-10-11-5-2-7-8(11)1-3-9-7/h1-3,5,9-10,12H,4,6H2. The molecule has 0 aliphatic carbocycles. The van der Waals surface area contributed by atoms with Crippen LogP contribution in [-0.2, 0) is 0 Å². The van der Waals surface area contributed by atoms with Crippen molar-refractivity contribution in [3.63, 3.8) is 0 Å². The van der Waals surface area contributed by atoms with Gasteiger partial charge in [0.2, 0.25) is 0 Å². The first-order valence-corrected chi connectivity index (χ1v) is 3.91. The van der Waals surface area contributed by atoms with E-state index in [0.717, 1.165) is 11.0 Å². The fourth-order valence-electron chi connectivity index (χ4n) is 1.26. The lowest BCUT2D eigenvalue weighted by molar-refractivity contribution is 0.307. The van der Waals surface area contributed by atoms with Crippen molar-refractivity contribution < 1.29 is 5.11 Å². The molecule has 0 radical (unpaired) electrons. The number of nitrogens with one attached hydrogen (secondary N) is 2. The zero-order chi connectivity index (χ0) is 8.39. The molecule has 0 amide bonds. The van der Waals surface area contributed by atoms with Gasteiger partial charge in [-0.05, 0) is 12.1 Å². The van der Waals surface area contributed by atoms with E-state index in [4.69, 9.17) is 5.11 Å². The van der Waals surface area contributed by atoms with Crippen molar-refractivity contribution in [2.75, 3.05) is 18.6 Å². The Morgan fingerprint density at radius 2 is 2.42 bits per heavy atom. The van der Waals surface area contributed by atoms with Crippen molar-refractivity contribution in [1.29, 1.82) is 0 Å². The van der Waals surface area contributed by atoms with Crippen molar-refractivity contribution in [2.24, 2.45) is 0 Å². The minimum atomic E-state index is 0.143. The monoisotopic (exact) mass is 165 g/mol. The fraction of sp³-hybridized carbons (Fsp3) is 0.250. The van der Waals surface area contributed by atoms with Gasteiger partial charge in [0.1, 0.15) is 0 Å². The van der Waals surface area contributed by atoms with Crippen molar-refractivity contribution in [3.8, 4) is 0 Å². The highest BCUT2D eigenvalue weighted by Crippen LogP contribution is 2.11. The molecular weight excluding hydrogens is 154 g/mol. The summed E-state index contributed by atoms with van der Waals surface area (Å²) in [4.78, 5) is 3.09. The van der Waals surface area contributed by atoms with E-state index in [1.165, 1.54) is 0 Å². The Bertz CT molecular complexity index is 363. The number of aliphatic hydroxyl groups excluding tert-OH is 1. The molecular formula is C8H11N3O. The van der Waals surface area contributed by atoms with Crippen LogP contribution in [-0.4, -0.2) is 27.9 Å². The first-order valence-electron chi connectivity index (χ1n) is 3.91. The molecule has 2 aromatic heterocycles. The lowest BCUT2D eigenvalue weighted by Gasteiger charge is -2.05. The van der Waals surface area contributed by atoms with Gasteiger partial charge in [-0.25, -0.2) is 0 Å². The summed E-state index contributed by atoms with van der Waals surface area (Å²) in [5, 5.41) is 8.60. The third kappa shape index (κ3) is 1.06. The van der Waals surface area contributed by atoms with Crippen LogP contribution in [0, 0.1) is 0 Å². The molecule has 0 fully saturated rings. The molecule has 0 aromatic carbocycles. The Kier molecular flexibility index (Phi) is 1.75. The zero-order valence-electron chi connectivity index (χ0n) is 6.62. The molecule has 0 bridgehead atoms. The average molecular weight is 165 g/mol. The second-order valence-electron chi connectivity index (χ2n) is 2.59. The van der Waals surface area contributed by atoms with Gasteiger partial charge in [-0.1, -0.05) is 0 Å². The molecule has 3 N–H and O–H groups in total. The molecule has 4 heteroatoms. The first kappa shape index (κ1) is 7.24. The highest BCUT2D eigenvalue weighted by molar-refractivity contribution is 5.76. The second-order valence-corrected chi connectivity index (χ2v) is 2.59. The van der Waals surface area contributed by atoms with Gasteiger partial charge in [-0.15, -0.1) is 0 Å². The van der Waals surface area contributed by atoms with E-state index in [1.54, 1.807) is 0 Å². The summed E-state index contributed by atoms with van der Waals surface area (Å²) < 4.78 is 1.89. The van der Waals surface area contributed by atoms with E-state index in [1.807, 2.05) is 29.2 Å². The van der Waals surface area contributed by atoms with Gasteiger partial charge in [0.05, 0.1) is 24.2 Å². The van der Waals surface area contributed by atoms with E-state index in [2.05, 4.69) is 10.4 Å². The topological polar surface area (TPSA) is 53.0 Å². The highest BCUT2D eigenvalue weighted by Gasteiger charge is 1.98. The Morgan fingerprint density at radius 3 is 3.25 bits per heavy atom. The van der Waals surface area contributed by atoms with E-state index in [-0.39, 0.29) is 6.61 Å². The Balaban J connectivity index is 2.28. The molecule has 2 rings (SSSR count). The molecule has 0 saturated carbocycles. The summed E-state index contributed by atoms with van der Waals surface area (Å²) in [5.74, 6) is 0. The number of fused-ring (bicyclic) bond motifs is 1. The average Bonchev–Trinajstić information content (AvgIpc) is 2.62. The largest absolute Gasteiger partial charge is 0.394 e. The molecule has 0 atom stereocenters. The molecule has 2 heterocycles. The lowest BCUT2D eigenvalue weighted by Crippen LogP contribution is -2.16. The van der Waals surface area contributed by atoms with Gasteiger partial charge >= 0.3 is 0 Å². The summed E-state index contributed by atoms with van der Waals surface area (Å²) in [6.45, 7) is 0.707. The predicted octanol–water partition coefficient (Wildman–Crippen LogP) is 0.505. The molecule has 0 aliphatic heterocycles. The Labute approximate surface area is 69.8 Å². The minimum absolute atomic E-state index is 0.143. The summed E-state index contributed by atoms with van der Waals surface area (Å²) in [7, 11) is 0. The normalized spacial score (nSPS) is 10.8. The molecule has 12 heavy (non-hydrogen) atoms. The second kappa shape index (κ2) is 2.91. The third-order valence-corrected chi connectivity index (χ3v) is 1.80. The van der Waals surface area contributed by atoms with Gasteiger partial charge in [0.25, 0.3) is 0 Å². The Hall–Kier alpha value is -1.42. The van der Waals surface area contributed by atoms with Gasteiger partial charge in [-0.3, -0.25) is 4.68 Å². The van der Waals surface area contributed by atoms with Crippen LogP contribution in [0.5, 0.6) is 0 Å². The molecule has 0 aliphatic rings. The molecule has 0 unspecified atom stereocenters. The number of hydrogen-bond donors (Lipinski definition) is 3. The summed E-state index contributed by atoms with van der Waals surface area (Å²) in [6.07, 6.45) is 3.82. The predicted molar refractivity (Wildman–Crippen MR) is 47.6 cm³/mol. The molecule has 64 valence electrons. The van der Waals surface area contributed by atoms with Gasteiger partial charge < -0.3 is 15.5 Å². The van der Waals surface area contributed by atoms with Crippen LogP contribution in [0.4, 0.5) is 0 Å². The number of H-pyrrole nitrogens is 1. The Morgan fingerprint density at radius 1 is 1.50 bits per heavy atom. The van der Waals surface area contributed by atoms with Crippen LogP contribution in [0.1, 0.15) is 0 Å². The van der Waals surface area contributed by atoms with Crippen molar-refractivity contribution in [1.82, 2.24) is 9.66 Å². The van der Waals surface area contributed by atoms with Crippen LogP contribution in [0.25, 0.3) is 11.0 Å². The minimum Gasteiger partial charge on any atom is -0.394 e. The number of aliphatic hydroxyl groups is 1. The number of hydrogen-bond acceptors (Lipinski definition) is 2. The summed E-state index contributed by atoms with van der Waals surface area (Å²) >= 11 is 0. The van der Waals surface area contributed by atoms with Crippen LogP contribution >= 0.6 is 0 Å². The quantitative estimate of drug-likeness (QED) is 0.620. The van der Waals surface area contributed by atoms with E-state index >= 15 is 0 Å². The first-order chi connectivity index (χ1) is 5.92. The number of aromatic nitrogens is 2. The van der Waals surface area contributed by atoms with Crippen LogP contribution in [0.3, 0.4) is 0 Å². The van der Waals surface area contributed by atoms with E-state index < -0.39 is 0 Å². The molecule has 2 aromatic rings. The SMILES string of the molecule is OCCNn1ccc2[nH]ccc21. The maximum atomic E-state index is 8.60. The number of nitrogens with zero attached hydrogens (tertiary/aromatic N) is 1. The van der Waals surface area contributed by atoms with Gasteiger partial charge in [-0.2, -0.15) is 0 Å². The maximum absolute atomic E-state index is 8.60. The van der Waals surface area contributed by atoms with Crippen molar-refractivity contribution in [2.45, 2.75) is 0 Å². The zero-order valence-corrected chi connectivity index (χ0v) is 6.62. The third-order valence-electron chi connectivity index (χ3n) is 1.80. The summed E-state index contributed by atoms with van der Waals surface area (Å²) in [5.41, 5.74) is 5.25. The van der Waals surface area contributed by atoms with E-state index in [0.29, 0.717) is 6.54 Å². The van der Waals surface area contributed by atoms with Crippen LogP contribution in [0.15, 0.2) is 24.5 Å². The fourth-order valence-corrected chi connectivity index (χ4v) is 1.26. The maximum Gasteiger partial charge on any atom is 0.0869 e. The van der Waals surface area contributed by atoms with Gasteiger partial charge in [0, 0.05) is 12.4 Å². The smallest absolute Gasteiger partial charge is 0.0869 e. The summed E-state index contributed by atoms with van der Waals surface area (Å²) in [6, 6.07) is 3.97. The van der Waals surface area contributed by atoms with Gasteiger partial charge in [0.15, 0.2) is 0 Å². The lowest BCUT2D eigenvalue weighted by atomic mass is 10.5. The van der Waals surface area contributed by atoms with Crippen molar-refractivity contribution in [3.05, 3.63) is 24.5 Å². The number of rotatable bonds is 3.